The second-order valence-electron chi connectivity index (χ2n) is 9.57. The lowest BCUT2D eigenvalue weighted by atomic mass is 9.71. The van der Waals surface area contributed by atoms with Crippen LogP contribution in [0.3, 0.4) is 0 Å². The van der Waals surface area contributed by atoms with Crippen molar-refractivity contribution in [3.63, 3.8) is 0 Å². The van der Waals surface area contributed by atoms with Crippen LogP contribution in [0, 0.1) is 24.6 Å². The van der Waals surface area contributed by atoms with Crippen molar-refractivity contribution in [2.75, 3.05) is 19.6 Å². The molecule has 1 amide bonds. The molecule has 2 aromatic rings. The summed E-state index contributed by atoms with van der Waals surface area (Å²) in [6.45, 7) is 4.46. The third kappa shape index (κ3) is 4.95. The number of amides is 1. The maximum atomic E-state index is 13.8. The molecule has 0 spiro atoms. The molecule has 1 aromatic heterocycles. The van der Waals surface area contributed by atoms with Gasteiger partial charge in [0.25, 0.3) is 12.4 Å². The van der Waals surface area contributed by atoms with Crippen LogP contribution in [-0.2, 0) is 18.3 Å². The molecule has 0 radical (unpaired) electrons. The number of benzene rings is 1. The molecule has 33 heavy (non-hydrogen) atoms. The molecule has 4 heterocycles. The Bertz CT molecular complexity index is 974. The zero-order valence-electron chi connectivity index (χ0n) is 19.4. The second kappa shape index (κ2) is 10.0. The van der Waals surface area contributed by atoms with E-state index in [0.29, 0.717) is 29.6 Å². The number of carbonyl (C=O) groups excluding carboxylic acids is 1. The molecule has 8 heteroatoms. The third-order valence-electron chi connectivity index (χ3n) is 7.58. The topological polar surface area (TPSA) is 78.7 Å². The fourth-order valence-corrected chi connectivity index (χ4v) is 6.09. The number of hydrogen-bond donors (Lipinski definition) is 1. The molecular formula is C25H33FN4O3. The summed E-state index contributed by atoms with van der Waals surface area (Å²) >= 11 is 0. The van der Waals surface area contributed by atoms with E-state index < -0.39 is 0 Å². The van der Waals surface area contributed by atoms with E-state index in [9.17, 15) is 9.18 Å². The summed E-state index contributed by atoms with van der Waals surface area (Å²) in [6, 6.07) is 9.83. The Labute approximate surface area is 194 Å². The van der Waals surface area contributed by atoms with Crippen LogP contribution in [0.25, 0.3) is 0 Å². The van der Waals surface area contributed by atoms with E-state index in [1.807, 2.05) is 37.1 Å². The van der Waals surface area contributed by atoms with Gasteiger partial charge in [-0.15, -0.1) is 0 Å². The van der Waals surface area contributed by atoms with Crippen LogP contribution < -0.4 is 0 Å². The highest BCUT2D eigenvalue weighted by Crippen LogP contribution is 2.42. The van der Waals surface area contributed by atoms with Gasteiger partial charge in [-0.25, -0.2) is 4.39 Å². The smallest absolute Gasteiger partial charge is 0.290 e. The number of fused-ring (bicyclic) bond motifs is 4. The first-order chi connectivity index (χ1) is 15.9. The van der Waals surface area contributed by atoms with Gasteiger partial charge in [0.15, 0.2) is 5.69 Å². The summed E-state index contributed by atoms with van der Waals surface area (Å²) in [6.07, 6.45) is 5.75. The van der Waals surface area contributed by atoms with E-state index in [1.165, 1.54) is 31.7 Å². The molecular weight excluding hydrogens is 423 g/mol. The van der Waals surface area contributed by atoms with Gasteiger partial charge >= 0.3 is 0 Å². The highest BCUT2D eigenvalue weighted by molar-refractivity contribution is 5.92. The van der Waals surface area contributed by atoms with Gasteiger partial charge in [0, 0.05) is 37.9 Å². The van der Waals surface area contributed by atoms with E-state index in [2.05, 4.69) is 10.00 Å². The average Bonchev–Trinajstić information content (AvgIpc) is 3.15. The number of carboxylic acid groups (broad SMARTS) is 1. The van der Waals surface area contributed by atoms with E-state index in [4.69, 9.17) is 9.90 Å². The Kier molecular flexibility index (Phi) is 7.12. The molecule has 1 N–H and O–H groups in total. The van der Waals surface area contributed by atoms with E-state index in [-0.39, 0.29) is 18.2 Å². The van der Waals surface area contributed by atoms with Crippen LogP contribution in [0.2, 0.25) is 0 Å². The fraction of sp³-hybridized carbons (Fsp3) is 0.560. The molecule has 5 rings (SSSR count). The number of hydrogen-bond acceptors (Lipinski definition) is 4. The molecule has 178 valence electrons. The highest BCUT2D eigenvalue weighted by atomic mass is 19.1. The molecule has 3 saturated heterocycles. The van der Waals surface area contributed by atoms with Crippen LogP contribution in [-0.4, -0.2) is 68.8 Å². The predicted molar refractivity (Wildman–Crippen MR) is 122 cm³/mol. The van der Waals surface area contributed by atoms with Crippen molar-refractivity contribution in [2.45, 2.75) is 51.1 Å². The van der Waals surface area contributed by atoms with Crippen molar-refractivity contribution >= 4 is 12.4 Å². The number of aromatic nitrogens is 2. The molecule has 4 atom stereocenters. The minimum absolute atomic E-state index is 0.0576. The summed E-state index contributed by atoms with van der Waals surface area (Å²) in [5.41, 5.74) is 2.61. The van der Waals surface area contributed by atoms with Crippen LogP contribution in [0.15, 0.2) is 30.3 Å². The van der Waals surface area contributed by atoms with Crippen LogP contribution >= 0.6 is 0 Å². The SMILES string of the molecule is Cc1cc(C(=O)N2C[C@H]3C[C@@H](C2)[C@H](Cc2cccc(F)c2)N2CCCC[C@@H]32)nn1C.O=CO. The second-order valence-corrected chi connectivity index (χ2v) is 9.57. The number of likely N-dealkylation sites (tertiary alicyclic amines) is 1. The van der Waals surface area contributed by atoms with Gasteiger partial charge < -0.3 is 10.0 Å². The van der Waals surface area contributed by atoms with Gasteiger partial charge in [-0.05, 0) is 74.8 Å². The standard InChI is InChI=1S/C24H31FN4O.CH2O2/c1-16-10-21(26-27(16)2)24(30)28-14-18-13-19(15-28)23(29-9-4-3-8-22(18)29)12-17-6-5-7-20(25)11-17;2-1-3/h5-7,10-11,18-19,22-23H,3-4,8-9,12-15H2,1-2H3;1H,(H,2,3)/t18-,19+,22+,23+;/m1./s1. The van der Waals surface area contributed by atoms with Crippen molar-refractivity contribution in [3.8, 4) is 0 Å². The molecule has 1 aromatic carbocycles. The molecule has 3 aliphatic heterocycles. The third-order valence-corrected chi connectivity index (χ3v) is 7.58. The predicted octanol–water partition coefficient (Wildman–Crippen LogP) is 3.13. The summed E-state index contributed by atoms with van der Waals surface area (Å²) in [7, 11) is 1.88. The Morgan fingerprint density at radius 1 is 1.24 bits per heavy atom. The summed E-state index contributed by atoms with van der Waals surface area (Å²) in [5.74, 6) is 0.848. The lowest BCUT2D eigenvalue weighted by Gasteiger charge is -2.57. The Morgan fingerprint density at radius 2 is 2.00 bits per heavy atom. The molecule has 3 aliphatic rings. The summed E-state index contributed by atoms with van der Waals surface area (Å²) in [5, 5.41) is 11.3. The summed E-state index contributed by atoms with van der Waals surface area (Å²) in [4.78, 5) is 26.4. The number of aryl methyl sites for hydroxylation is 2. The van der Waals surface area contributed by atoms with Crippen LogP contribution in [0.4, 0.5) is 4.39 Å². The Morgan fingerprint density at radius 3 is 2.70 bits per heavy atom. The largest absolute Gasteiger partial charge is 0.483 e. The van der Waals surface area contributed by atoms with Crippen LogP contribution in [0.5, 0.6) is 0 Å². The van der Waals surface area contributed by atoms with Crippen molar-refractivity contribution < 1.29 is 19.1 Å². The van der Waals surface area contributed by atoms with E-state index in [0.717, 1.165) is 37.3 Å². The van der Waals surface area contributed by atoms with E-state index in [1.54, 1.807) is 10.7 Å². The molecule has 0 unspecified atom stereocenters. The highest BCUT2D eigenvalue weighted by Gasteiger charge is 2.48. The number of nitrogens with zero attached hydrogens (tertiary/aromatic N) is 4. The van der Waals surface area contributed by atoms with E-state index >= 15 is 0 Å². The van der Waals surface area contributed by atoms with Gasteiger partial charge in [0.05, 0.1) is 0 Å². The maximum absolute atomic E-state index is 13.8. The molecule has 0 aliphatic carbocycles. The number of halogens is 1. The molecule has 2 bridgehead atoms. The Balaban J connectivity index is 0.000000821. The number of carbonyl (C=O) groups is 2. The van der Waals surface area contributed by atoms with Gasteiger partial charge in [-0.1, -0.05) is 18.6 Å². The average molecular weight is 457 g/mol. The van der Waals surface area contributed by atoms with Gasteiger partial charge in [-0.3, -0.25) is 19.2 Å². The quantitative estimate of drug-likeness (QED) is 0.718. The minimum Gasteiger partial charge on any atom is -0.483 e. The van der Waals surface area contributed by atoms with Gasteiger partial charge in [0.2, 0.25) is 0 Å². The fourth-order valence-electron chi connectivity index (χ4n) is 6.09. The lowest BCUT2D eigenvalue weighted by molar-refractivity contribution is -0.122. The zero-order chi connectivity index (χ0) is 23.5. The zero-order valence-corrected chi connectivity index (χ0v) is 19.4. The van der Waals surface area contributed by atoms with Crippen molar-refractivity contribution in [1.82, 2.24) is 19.6 Å². The lowest BCUT2D eigenvalue weighted by Crippen LogP contribution is -2.64. The van der Waals surface area contributed by atoms with Gasteiger partial charge in [-0.2, -0.15) is 5.10 Å². The first kappa shape index (κ1) is 23.4. The Hall–Kier alpha value is -2.74. The van der Waals surface area contributed by atoms with Crippen molar-refractivity contribution in [2.24, 2.45) is 18.9 Å². The molecule has 3 fully saturated rings. The monoisotopic (exact) mass is 456 g/mol. The minimum atomic E-state index is -0.250. The first-order valence-corrected chi connectivity index (χ1v) is 11.8. The molecule has 0 saturated carbocycles. The first-order valence-electron chi connectivity index (χ1n) is 11.8. The van der Waals surface area contributed by atoms with Crippen LogP contribution in [0.1, 0.15) is 47.4 Å². The normalized spacial score (nSPS) is 26.7. The molecule has 7 nitrogen and oxygen atoms in total. The summed E-state index contributed by atoms with van der Waals surface area (Å²) < 4.78 is 15.6. The number of rotatable bonds is 3. The van der Waals surface area contributed by atoms with Crippen molar-refractivity contribution in [3.05, 3.63) is 53.1 Å². The van der Waals surface area contributed by atoms with Gasteiger partial charge in [0.1, 0.15) is 5.82 Å². The number of piperidine rings is 3. The van der Waals surface area contributed by atoms with Crippen molar-refractivity contribution in [1.29, 1.82) is 0 Å². The maximum Gasteiger partial charge on any atom is 0.290 e.